The van der Waals surface area contributed by atoms with E-state index in [2.05, 4.69) is 16.8 Å². The highest BCUT2D eigenvalue weighted by Gasteiger charge is 2.17. The predicted octanol–water partition coefficient (Wildman–Crippen LogP) is 2.22. The molecule has 0 radical (unpaired) electrons. The molecule has 1 saturated heterocycles. The molecule has 1 aromatic carbocycles. The highest BCUT2D eigenvalue weighted by molar-refractivity contribution is 6.21. The van der Waals surface area contributed by atoms with Crippen LogP contribution in [0.2, 0.25) is 0 Å². The second-order valence-corrected chi connectivity index (χ2v) is 5.37. The SMILES string of the molecule is COc1ccc(C(Cl)CN2CCN(C)CC2)cc1. The number of benzene rings is 1. The third-order valence-corrected chi connectivity index (χ3v) is 3.88. The largest absolute Gasteiger partial charge is 0.497 e. The fraction of sp³-hybridized carbons (Fsp3) is 0.571. The average molecular weight is 269 g/mol. The predicted molar refractivity (Wildman–Crippen MR) is 75.5 cm³/mol. The molecule has 0 saturated carbocycles. The van der Waals surface area contributed by atoms with E-state index in [1.165, 1.54) is 0 Å². The van der Waals surface area contributed by atoms with Gasteiger partial charge >= 0.3 is 0 Å². The summed E-state index contributed by atoms with van der Waals surface area (Å²) in [6.07, 6.45) is 0. The van der Waals surface area contributed by atoms with E-state index < -0.39 is 0 Å². The number of rotatable bonds is 4. The number of piperazine rings is 1. The molecule has 1 atom stereocenters. The van der Waals surface area contributed by atoms with Crippen molar-refractivity contribution < 1.29 is 4.74 Å². The Balaban J connectivity index is 1.88. The van der Waals surface area contributed by atoms with Crippen molar-refractivity contribution in [3.8, 4) is 5.75 Å². The molecule has 0 aromatic heterocycles. The van der Waals surface area contributed by atoms with Crippen molar-refractivity contribution in [2.45, 2.75) is 5.38 Å². The summed E-state index contributed by atoms with van der Waals surface area (Å²) < 4.78 is 5.15. The second-order valence-electron chi connectivity index (χ2n) is 4.84. The molecule has 0 aliphatic carbocycles. The van der Waals surface area contributed by atoms with Gasteiger partial charge in [0.25, 0.3) is 0 Å². The lowest BCUT2D eigenvalue weighted by Gasteiger charge is -2.33. The monoisotopic (exact) mass is 268 g/mol. The van der Waals surface area contributed by atoms with Crippen LogP contribution < -0.4 is 4.74 Å². The van der Waals surface area contributed by atoms with Gasteiger partial charge in [0.15, 0.2) is 0 Å². The maximum absolute atomic E-state index is 6.48. The van der Waals surface area contributed by atoms with E-state index in [0.29, 0.717) is 0 Å². The molecule has 4 heteroatoms. The van der Waals surface area contributed by atoms with Crippen LogP contribution in [0.1, 0.15) is 10.9 Å². The molecule has 1 fully saturated rings. The summed E-state index contributed by atoms with van der Waals surface area (Å²) in [5, 5.41) is 0.0549. The van der Waals surface area contributed by atoms with Gasteiger partial charge < -0.3 is 9.64 Å². The van der Waals surface area contributed by atoms with Crippen LogP contribution in [-0.2, 0) is 0 Å². The Hall–Kier alpha value is -0.770. The molecule has 18 heavy (non-hydrogen) atoms. The van der Waals surface area contributed by atoms with Crippen LogP contribution in [0.5, 0.6) is 5.75 Å². The van der Waals surface area contributed by atoms with Crippen LogP contribution in [0.4, 0.5) is 0 Å². The van der Waals surface area contributed by atoms with Gasteiger partial charge in [0.05, 0.1) is 12.5 Å². The number of hydrogen-bond acceptors (Lipinski definition) is 3. The van der Waals surface area contributed by atoms with Crippen LogP contribution >= 0.6 is 11.6 Å². The summed E-state index contributed by atoms with van der Waals surface area (Å²) in [6, 6.07) is 8.03. The molecule has 0 spiro atoms. The van der Waals surface area contributed by atoms with Crippen LogP contribution in [0, 0.1) is 0 Å². The third kappa shape index (κ3) is 3.61. The molecule has 3 nitrogen and oxygen atoms in total. The Morgan fingerprint density at radius 2 is 1.78 bits per heavy atom. The summed E-state index contributed by atoms with van der Waals surface area (Å²) in [5.74, 6) is 0.877. The first-order chi connectivity index (χ1) is 8.69. The van der Waals surface area contributed by atoms with E-state index in [0.717, 1.165) is 44.0 Å². The van der Waals surface area contributed by atoms with Crippen molar-refractivity contribution in [1.29, 1.82) is 0 Å². The van der Waals surface area contributed by atoms with Gasteiger partial charge in [-0.1, -0.05) is 12.1 Å². The highest BCUT2D eigenvalue weighted by atomic mass is 35.5. The normalized spacial score (nSPS) is 19.7. The molecule has 100 valence electrons. The molecular formula is C14H21ClN2O. The average Bonchev–Trinajstić information content (AvgIpc) is 2.41. The van der Waals surface area contributed by atoms with Crippen LogP contribution in [0.3, 0.4) is 0 Å². The summed E-state index contributed by atoms with van der Waals surface area (Å²) in [5.41, 5.74) is 1.16. The van der Waals surface area contributed by atoms with Gasteiger partial charge in [-0.25, -0.2) is 0 Å². The number of alkyl halides is 1. The molecule has 0 N–H and O–H groups in total. The van der Waals surface area contributed by atoms with Gasteiger partial charge in [-0.15, -0.1) is 11.6 Å². The summed E-state index contributed by atoms with van der Waals surface area (Å²) in [6.45, 7) is 5.39. The quantitative estimate of drug-likeness (QED) is 0.779. The number of hydrogen-bond donors (Lipinski definition) is 0. The minimum atomic E-state index is 0.0549. The van der Waals surface area contributed by atoms with Gasteiger partial charge in [-0.2, -0.15) is 0 Å². The van der Waals surface area contributed by atoms with Gasteiger partial charge in [0, 0.05) is 32.7 Å². The molecule has 1 aliphatic heterocycles. The van der Waals surface area contributed by atoms with Crippen molar-refractivity contribution in [2.24, 2.45) is 0 Å². The summed E-state index contributed by atoms with van der Waals surface area (Å²) in [4.78, 5) is 4.79. The first-order valence-electron chi connectivity index (χ1n) is 6.38. The Kier molecular flexibility index (Phi) is 4.87. The lowest BCUT2D eigenvalue weighted by molar-refractivity contribution is 0.154. The van der Waals surface area contributed by atoms with Gasteiger partial charge in [0.1, 0.15) is 5.75 Å². The maximum Gasteiger partial charge on any atom is 0.118 e. The summed E-state index contributed by atoms with van der Waals surface area (Å²) >= 11 is 6.48. The van der Waals surface area contributed by atoms with Crippen molar-refractivity contribution >= 4 is 11.6 Å². The highest BCUT2D eigenvalue weighted by Crippen LogP contribution is 2.24. The van der Waals surface area contributed by atoms with Gasteiger partial charge in [-0.05, 0) is 24.7 Å². The smallest absolute Gasteiger partial charge is 0.118 e. The van der Waals surface area contributed by atoms with Crippen LogP contribution in [0.25, 0.3) is 0 Å². The number of ether oxygens (including phenoxy) is 1. The summed E-state index contributed by atoms with van der Waals surface area (Å²) in [7, 11) is 3.84. The van der Waals surface area contributed by atoms with E-state index in [1.54, 1.807) is 7.11 Å². The topological polar surface area (TPSA) is 15.7 Å². The standard InChI is InChI=1S/C14H21ClN2O/c1-16-7-9-17(10-8-16)11-14(15)12-3-5-13(18-2)6-4-12/h3-6,14H,7-11H2,1-2H3. The first-order valence-corrected chi connectivity index (χ1v) is 6.81. The Bertz CT molecular complexity index is 361. The zero-order valence-electron chi connectivity index (χ0n) is 11.1. The number of nitrogens with zero attached hydrogens (tertiary/aromatic N) is 2. The lowest BCUT2D eigenvalue weighted by Crippen LogP contribution is -2.45. The first kappa shape index (κ1) is 13.7. The van der Waals surface area contributed by atoms with Crippen LogP contribution in [0.15, 0.2) is 24.3 Å². The van der Waals surface area contributed by atoms with E-state index in [-0.39, 0.29) is 5.38 Å². The third-order valence-electron chi connectivity index (χ3n) is 3.49. The molecule has 1 unspecified atom stereocenters. The zero-order valence-corrected chi connectivity index (χ0v) is 11.9. The molecule has 1 aromatic rings. The molecule has 1 aliphatic rings. The lowest BCUT2D eigenvalue weighted by atomic mass is 10.1. The molecule has 0 bridgehead atoms. The number of methoxy groups -OCH3 is 1. The van der Waals surface area contributed by atoms with E-state index in [9.17, 15) is 0 Å². The van der Waals surface area contributed by atoms with E-state index in [1.807, 2.05) is 24.3 Å². The fourth-order valence-corrected chi connectivity index (χ4v) is 2.52. The minimum Gasteiger partial charge on any atom is -0.497 e. The number of likely N-dealkylation sites (N-methyl/N-ethyl adjacent to an activating group) is 1. The minimum absolute atomic E-state index is 0.0549. The Labute approximate surface area is 114 Å². The van der Waals surface area contributed by atoms with Gasteiger partial charge in [0.2, 0.25) is 0 Å². The van der Waals surface area contributed by atoms with Gasteiger partial charge in [-0.3, -0.25) is 4.90 Å². The van der Waals surface area contributed by atoms with Crippen molar-refractivity contribution in [2.75, 3.05) is 46.9 Å². The number of halogens is 1. The molecule has 1 heterocycles. The van der Waals surface area contributed by atoms with Crippen molar-refractivity contribution in [1.82, 2.24) is 9.80 Å². The molecular weight excluding hydrogens is 248 g/mol. The fourth-order valence-electron chi connectivity index (χ4n) is 2.18. The van der Waals surface area contributed by atoms with E-state index in [4.69, 9.17) is 16.3 Å². The Morgan fingerprint density at radius 3 is 2.33 bits per heavy atom. The van der Waals surface area contributed by atoms with Crippen LogP contribution in [-0.4, -0.2) is 56.7 Å². The van der Waals surface area contributed by atoms with Crippen molar-refractivity contribution in [3.05, 3.63) is 29.8 Å². The maximum atomic E-state index is 6.48. The van der Waals surface area contributed by atoms with Crippen molar-refractivity contribution in [3.63, 3.8) is 0 Å². The van der Waals surface area contributed by atoms with E-state index >= 15 is 0 Å². The zero-order chi connectivity index (χ0) is 13.0. The molecule has 2 rings (SSSR count). The Morgan fingerprint density at radius 1 is 1.17 bits per heavy atom. The second kappa shape index (κ2) is 6.41. The molecule has 0 amide bonds.